The SMILES string of the molecule is Cn1ccnc(N2CCC(N3CCC(N)CC3)C2)c1=O. The van der Waals surface area contributed by atoms with Crippen LogP contribution in [-0.2, 0) is 7.05 Å². The van der Waals surface area contributed by atoms with Gasteiger partial charge in [-0.25, -0.2) is 4.98 Å². The van der Waals surface area contributed by atoms with E-state index in [1.54, 1.807) is 24.0 Å². The molecule has 1 unspecified atom stereocenters. The van der Waals surface area contributed by atoms with Crippen LogP contribution < -0.4 is 16.2 Å². The van der Waals surface area contributed by atoms with Crippen LogP contribution in [0.1, 0.15) is 19.3 Å². The average Bonchev–Trinajstić information content (AvgIpc) is 2.92. The molecule has 0 radical (unpaired) electrons. The summed E-state index contributed by atoms with van der Waals surface area (Å²) in [4.78, 5) is 21.0. The quantitative estimate of drug-likeness (QED) is 0.809. The maximum atomic E-state index is 12.1. The minimum absolute atomic E-state index is 0.00573. The number of aromatic nitrogens is 2. The molecule has 0 saturated carbocycles. The summed E-state index contributed by atoms with van der Waals surface area (Å²) in [6.07, 6.45) is 6.67. The van der Waals surface area contributed by atoms with Gasteiger partial charge in [-0.3, -0.25) is 9.69 Å². The van der Waals surface area contributed by atoms with Crippen LogP contribution in [-0.4, -0.2) is 52.7 Å². The Morgan fingerprint density at radius 1 is 1.25 bits per heavy atom. The molecule has 2 saturated heterocycles. The predicted octanol–water partition coefficient (Wildman–Crippen LogP) is -0.218. The second-order valence-electron chi connectivity index (χ2n) is 5.93. The third-order valence-electron chi connectivity index (χ3n) is 4.55. The smallest absolute Gasteiger partial charge is 0.293 e. The van der Waals surface area contributed by atoms with E-state index in [0.29, 0.717) is 17.9 Å². The second kappa shape index (κ2) is 5.54. The normalized spacial score (nSPS) is 25.3. The highest BCUT2D eigenvalue weighted by atomic mass is 16.1. The van der Waals surface area contributed by atoms with E-state index in [-0.39, 0.29) is 5.56 Å². The third-order valence-corrected chi connectivity index (χ3v) is 4.55. The molecule has 2 N–H and O–H groups in total. The lowest BCUT2D eigenvalue weighted by Crippen LogP contribution is -2.46. The van der Waals surface area contributed by atoms with Crippen molar-refractivity contribution >= 4 is 5.82 Å². The first-order chi connectivity index (χ1) is 9.65. The zero-order valence-electron chi connectivity index (χ0n) is 12.0. The Kier molecular flexibility index (Phi) is 3.76. The summed E-state index contributed by atoms with van der Waals surface area (Å²) in [5.41, 5.74) is 5.95. The highest BCUT2D eigenvalue weighted by molar-refractivity contribution is 5.37. The third kappa shape index (κ3) is 2.58. The van der Waals surface area contributed by atoms with E-state index in [1.807, 2.05) is 0 Å². The Morgan fingerprint density at radius 2 is 2.00 bits per heavy atom. The first-order valence-corrected chi connectivity index (χ1v) is 7.41. The zero-order chi connectivity index (χ0) is 14.1. The summed E-state index contributed by atoms with van der Waals surface area (Å²) in [5.74, 6) is 0.589. The first-order valence-electron chi connectivity index (χ1n) is 7.41. The van der Waals surface area contributed by atoms with Gasteiger partial charge in [-0.1, -0.05) is 0 Å². The van der Waals surface area contributed by atoms with Crippen molar-refractivity contribution in [3.8, 4) is 0 Å². The Morgan fingerprint density at radius 3 is 2.75 bits per heavy atom. The molecule has 0 spiro atoms. The molecule has 0 amide bonds. The van der Waals surface area contributed by atoms with Gasteiger partial charge in [0.15, 0.2) is 5.82 Å². The van der Waals surface area contributed by atoms with Crippen molar-refractivity contribution in [2.24, 2.45) is 12.8 Å². The number of nitrogens with two attached hydrogens (primary N) is 1. The molecule has 2 aliphatic rings. The Labute approximate surface area is 119 Å². The molecule has 0 bridgehead atoms. The molecule has 3 rings (SSSR count). The number of hydrogen-bond acceptors (Lipinski definition) is 5. The van der Waals surface area contributed by atoms with E-state index in [9.17, 15) is 4.79 Å². The maximum absolute atomic E-state index is 12.1. The lowest BCUT2D eigenvalue weighted by Gasteiger charge is -2.34. The largest absolute Gasteiger partial charge is 0.350 e. The van der Waals surface area contributed by atoms with Crippen LogP contribution in [0.5, 0.6) is 0 Å². The van der Waals surface area contributed by atoms with Gasteiger partial charge in [0, 0.05) is 44.6 Å². The fourth-order valence-electron chi connectivity index (χ4n) is 3.22. The summed E-state index contributed by atoms with van der Waals surface area (Å²) in [5, 5.41) is 0. The summed E-state index contributed by atoms with van der Waals surface area (Å²) in [7, 11) is 1.77. The molecule has 0 aromatic carbocycles. The van der Waals surface area contributed by atoms with Crippen molar-refractivity contribution in [3.63, 3.8) is 0 Å². The predicted molar refractivity (Wildman–Crippen MR) is 78.9 cm³/mol. The number of anilines is 1. The Balaban J connectivity index is 1.67. The molecule has 110 valence electrons. The van der Waals surface area contributed by atoms with Gasteiger partial charge in [0.05, 0.1) is 0 Å². The topological polar surface area (TPSA) is 67.4 Å². The van der Waals surface area contributed by atoms with Crippen molar-refractivity contribution in [1.82, 2.24) is 14.5 Å². The van der Waals surface area contributed by atoms with Crippen LogP contribution in [0.4, 0.5) is 5.82 Å². The van der Waals surface area contributed by atoms with Crippen molar-refractivity contribution in [1.29, 1.82) is 0 Å². The van der Waals surface area contributed by atoms with Gasteiger partial charge >= 0.3 is 0 Å². The molecule has 0 aliphatic carbocycles. The van der Waals surface area contributed by atoms with E-state index in [4.69, 9.17) is 5.73 Å². The van der Waals surface area contributed by atoms with Crippen LogP contribution in [0, 0.1) is 0 Å². The van der Waals surface area contributed by atoms with E-state index in [2.05, 4.69) is 14.8 Å². The van der Waals surface area contributed by atoms with Crippen LogP contribution in [0.25, 0.3) is 0 Å². The molecule has 20 heavy (non-hydrogen) atoms. The van der Waals surface area contributed by atoms with Gasteiger partial charge in [0.2, 0.25) is 0 Å². The highest BCUT2D eigenvalue weighted by Crippen LogP contribution is 2.21. The van der Waals surface area contributed by atoms with Crippen LogP contribution >= 0.6 is 0 Å². The standard InChI is InChI=1S/C14H23N5O/c1-17-9-5-16-13(14(17)20)19-8-4-12(10-19)18-6-2-11(15)3-7-18/h5,9,11-12H,2-4,6-8,10,15H2,1H3. The van der Waals surface area contributed by atoms with Gasteiger partial charge in [-0.05, 0) is 32.4 Å². The zero-order valence-corrected chi connectivity index (χ0v) is 12.0. The fraction of sp³-hybridized carbons (Fsp3) is 0.714. The summed E-state index contributed by atoms with van der Waals surface area (Å²) < 4.78 is 1.59. The molecule has 2 aliphatic heterocycles. The first kappa shape index (κ1) is 13.6. The number of likely N-dealkylation sites (tertiary alicyclic amines) is 1. The maximum Gasteiger partial charge on any atom is 0.293 e. The van der Waals surface area contributed by atoms with Crippen molar-refractivity contribution < 1.29 is 0 Å². The molecule has 1 aromatic rings. The Hall–Kier alpha value is -1.40. The van der Waals surface area contributed by atoms with Crippen LogP contribution in [0.3, 0.4) is 0 Å². The Bertz CT molecular complexity index is 521. The fourth-order valence-corrected chi connectivity index (χ4v) is 3.22. The molecule has 6 heteroatoms. The molecular formula is C14H23N5O. The number of hydrogen-bond donors (Lipinski definition) is 1. The number of nitrogens with zero attached hydrogens (tertiary/aromatic N) is 4. The van der Waals surface area contributed by atoms with E-state index < -0.39 is 0 Å². The molecular weight excluding hydrogens is 254 g/mol. The van der Waals surface area contributed by atoms with Crippen molar-refractivity contribution in [2.45, 2.75) is 31.3 Å². The van der Waals surface area contributed by atoms with Gasteiger partial charge in [0.25, 0.3) is 5.56 Å². The van der Waals surface area contributed by atoms with Gasteiger partial charge < -0.3 is 15.2 Å². The molecule has 6 nitrogen and oxygen atoms in total. The lowest BCUT2D eigenvalue weighted by atomic mass is 10.0. The summed E-state index contributed by atoms with van der Waals surface area (Å²) in [6, 6.07) is 0.904. The van der Waals surface area contributed by atoms with Gasteiger partial charge in [-0.15, -0.1) is 0 Å². The van der Waals surface area contributed by atoms with Crippen LogP contribution in [0.15, 0.2) is 17.2 Å². The van der Waals surface area contributed by atoms with Gasteiger partial charge in [0.1, 0.15) is 0 Å². The number of piperidine rings is 1. The molecule has 1 atom stereocenters. The van der Waals surface area contributed by atoms with E-state index >= 15 is 0 Å². The van der Waals surface area contributed by atoms with Crippen LogP contribution in [0.2, 0.25) is 0 Å². The van der Waals surface area contributed by atoms with E-state index in [1.165, 1.54) is 0 Å². The van der Waals surface area contributed by atoms with Gasteiger partial charge in [-0.2, -0.15) is 0 Å². The monoisotopic (exact) mass is 277 g/mol. The summed E-state index contributed by atoms with van der Waals surface area (Å²) in [6.45, 7) is 3.99. The second-order valence-corrected chi connectivity index (χ2v) is 5.93. The average molecular weight is 277 g/mol. The lowest BCUT2D eigenvalue weighted by molar-refractivity contribution is 0.163. The minimum Gasteiger partial charge on any atom is -0.350 e. The van der Waals surface area contributed by atoms with E-state index in [0.717, 1.165) is 45.4 Å². The molecule has 3 heterocycles. The number of aryl methyl sites for hydroxylation is 1. The molecule has 2 fully saturated rings. The molecule has 1 aromatic heterocycles. The van der Waals surface area contributed by atoms with Crippen molar-refractivity contribution in [3.05, 3.63) is 22.7 Å². The summed E-state index contributed by atoms with van der Waals surface area (Å²) >= 11 is 0. The minimum atomic E-state index is -0.00573. The van der Waals surface area contributed by atoms with Crippen molar-refractivity contribution in [2.75, 3.05) is 31.1 Å². The number of rotatable bonds is 2. The highest BCUT2D eigenvalue weighted by Gasteiger charge is 2.31.